The molecule has 1 saturated heterocycles. The molecule has 0 bridgehead atoms. The van der Waals surface area contributed by atoms with Crippen LogP contribution in [0.25, 0.3) is 5.57 Å². The van der Waals surface area contributed by atoms with Gasteiger partial charge in [-0.3, -0.25) is 4.79 Å². The molecule has 1 heterocycles. The van der Waals surface area contributed by atoms with Crippen LogP contribution in [0.1, 0.15) is 68.2 Å². The fourth-order valence-electron chi connectivity index (χ4n) is 7.68. The summed E-state index contributed by atoms with van der Waals surface area (Å²) >= 11 is 0. The summed E-state index contributed by atoms with van der Waals surface area (Å²) in [5.41, 5.74) is 3.09. The van der Waals surface area contributed by atoms with Crippen molar-refractivity contribution in [3.63, 3.8) is 0 Å². The van der Waals surface area contributed by atoms with Gasteiger partial charge in [0.2, 0.25) is 0 Å². The van der Waals surface area contributed by atoms with Gasteiger partial charge in [0.1, 0.15) is 11.9 Å². The molecule has 0 radical (unpaired) electrons. The molecule has 1 unspecified atom stereocenters. The number of amides is 1. The van der Waals surface area contributed by atoms with Crippen LogP contribution in [0.4, 0.5) is 9.18 Å². The van der Waals surface area contributed by atoms with Gasteiger partial charge < -0.3 is 14.8 Å². The predicted molar refractivity (Wildman–Crippen MR) is 150 cm³/mol. The highest BCUT2D eigenvalue weighted by molar-refractivity contribution is 5.77. The lowest BCUT2D eigenvalue weighted by molar-refractivity contribution is -0.144. The van der Waals surface area contributed by atoms with Gasteiger partial charge in [0.25, 0.3) is 0 Å². The summed E-state index contributed by atoms with van der Waals surface area (Å²) in [7, 11) is 0. The van der Waals surface area contributed by atoms with Gasteiger partial charge in [0, 0.05) is 14.3 Å². The Morgan fingerprint density at radius 1 is 1.26 bits per heavy atom. The first-order chi connectivity index (χ1) is 18.2. The van der Waals surface area contributed by atoms with E-state index in [1.165, 1.54) is 11.6 Å². The first kappa shape index (κ1) is 26.7. The summed E-state index contributed by atoms with van der Waals surface area (Å²) in [6.45, 7) is 8.64. The predicted octanol–water partition coefficient (Wildman–Crippen LogP) is 7.34. The van der Waals surface area contributed by atoms with Crippen molar-refractivity contribution in [2.75, 3.05) is 6.61 Å². The van der Waals surface area contributed by atoms with Gasteiger partial charge in [-0.2, -0.15) is 0 Å². The van der Waals surface area contributed by atoms with Gasteiger partial charge in [-0.25, -0.2) is 9.18 Å². The molecular formula is C32H44FNO4. The second-order valence-electron chi connectivity index (χ2n) is 11.9. The second-order valence-corrected chi connectivity index (χ2v) is 11.9. The van der Waals surface area contributed by atoms with Crippen molar-refractivity contribution >= 4 is 17.6 Å². The third-order valence-corrected chi connectivity index (χ3v) is 9.79. The number of esters is 1. The zero-order valence-electron chi connectivity index (χ0n) is 22.9. The van der Waals surface area contributed by atoms with Gasteiger partial charge in [0.15, 0.2) is 0 Å². The highest BCUT2D eigenvalue weighted by Crippen LogP contribution is 2.60. The summed E-state index contributed by atoms with van der Waals surface area (Å²) in [6.07, 6.45) is 12.9. The number of alkyl carbamates (subject to hydrolysis) is 1. The SMILES string of the molecule is CCOC(=O)N[C@H]1CC[C@@H]2[C@H](C1)C[C@@H]1C(=O)O[C@H](C)[C@@]1(C)[C@@H]2/C=C/C1=CC=C(c2cccc(F)c2)C(C)C1.[HH].[HH]. The van der Waals surface area contributed by atoms with Crippen LogP contribution in [-0.2, 0) is 14.3 Å². The van der Waals surface area contributed by atoms with Gasteiger partial charge in [-0.05, 0) is 98.5 Å². The number of carbonyl (C=O) groups is 2. The molecular weight excluding hydrogens is 481 g/mol. The zero-order valence-corrected chi connectivity index (χ0v) is 22.9. The fraction of sp³-hybridized carbons (Fsp3) is 0.562. The Morgan fingerprint density at radius 3 is 2.82 bits per heavy atom. The summed E-state index contributed by atoms with van der Waals surface area (Å²) in [6, 6.07) is 6.89. The molecule has 8 atom stereocenters. The zero-order chi connectivity index (χ0) is 27.0. The first-order valence-electron chi connectivity index (χ1n) is 14.2. The van der Waals surface area contributed by atoms with E-state index in [0.717, 1.165) is 43.2 Å². The lowest BCUT2D eigenvalue weighted by Crippen LogP contribution is -2.53. The number of nitrogens with one attached hydrogen (secondary N) is 1. The van der Waals surface area contributed by atoms with Crippen LogP contribution in [0.5, 0.6) is 0 Å². The minimum atomic E-state index is -0.356. The minimum absolute atomic E-state index is 0. The Balaban J connectivity index is 0.00000220. The highest BCUT2D eigenvalue weighted by atomic mass is 19.1. The lowest BCUT2D eigenvalue weighted by Gasteiger charge is -2.52. The molecule has 1 aromatic carbocycles. The van der Waals surface area contributed by atoms with Gasteiger partial charge in [0.05, 0.1) is 12.5 Å². The lowest BCUT2D eigenvalue weighted by atomic mass is 9.50. The molecule has 3 aliphatic carbocycles. The van der Waals surface area contributed by atoms with E-state index in [4.69, 9.17) is 9.47 Å². The number of benzene rings is 1. The summed E-state index contributed by atoms with van der Waals surface area (Å²) in [5.74, 6) is 0.850. The van der Waals surface area contributed by atoms with Crippen molar-refractivity contribution in [3.8, 4) is 0 Å². The molecule has 38 heavy (non-hydrogen) atoms. The number of allylic oxidation sites excluding steroid dienone is 6. The molecule has 1 amide bonds. The maximum Gasteiger partial charge on any atom is 0.407 e. The van der Waals surface area contributed by atoms with Crippen LogP contribution < -0.4 is 5.32 Å². The minimum Gasteiger partial charge on any atom is -0.462 e. The highest BCUT2D eigenvalue weighted by Gasteiger charge is 2.62. The van der Waals surface area contributed by atoms with E-state index < -0.39 is 0 Å². The average Bonchev–Trinajstić information content (AvgIpc) is 3.09. The maximum atomic E-state index is 13.8. The number of hydrogen-bond acceptors (Lipinski definition) is 4. The number of ether oxygens (including phenoxy) is 2. The van der Waals surface area contributed by atoms with Crippen LogP contribution in [-0.4, -0.2) is 30.8 Å². The molecule has 208 valence electrons. The van der Waals surface area contributed by atoms with Crippen LogP contribution in [0.15, 0.2) is 54.1 Å². The van der Waals surface area contributed by atoms with Crippen molar-refractivity contribution in [1.29, 1.82) is 0 Å². The average molecular weight is 526 g/mol. The van der Waals surface area contributed by atoms with Crippen LogP contribution >= 0.6 is 0 Å². The quantitative estimate of drug-likeness (QED) is 0.409. The van der Waals surface area contributed by atoms with E-state index in [2.05, 4.69) is 43.5 Å². The van der Waals surface area contributed by atoms with E-state index >= 15 is 0 Å². The molecule has 1 aliphatic heterocycles. The van der Waals surface area contributed by atoms with Gasteiger partial charge in [-0.15, -0.1) is 0 Å². The van der Waals surface area contributed by atoms with Crippen LogP contribution in [0.3, 0.4) is 0 Å². The summed E-state index contributed by atoms with van der Waals surface area (Å²) in [4.78, 5) is 25.0. The van der Waals surface area contributed by atoms with E-state index in [-0.39, 0.29) is 56.0 Å². The monoisotopic (exact) mass is 525 g/mol. The summed E-state index contributed by atoms with van der Waals surface area (Å²) in [5, 5.41) is 3.03. The van der Waals surface area contributed by atoms with Gasteiger partial charge in [-0.1, -0.05) is 50.3 Å². The topological polar surface area (TPSA) is 64.6 Å². The second kappa shape index (κ2) is 10.7. The molecule has 3 fully saturated rings. The number of cyclic esters (lactones) is 1. The van der Waals surface area contributed by atoms with Crippen molar-refractivity contribution in [2.45, 2.75) is 71.9 Å². The molecule has 0 spiro atoms. The van der Waals surface area contributed by atoms with Gasteiger partial charge >= 0.3 is 12.1 Å². The number of fused-ring (bicyclic) bond motifs is 2. The molecule has 5 nitrogen and oxygen atoms in total. The van der Waals surface area contributed by atoms with Crippen molar-refractivity contribution in [3.05, 3.63) is 65.5 Å². The van der Waals surface area contributed by atoms with Crippen molar-refractivity contribution < 1.29 is 26.3 Å². The number of rotatable bonds is 5. The van der Waals surface area contributed by atoms with E-state index in [1.54, 1.807) is 12.1 Å². The molecule has 5 rings (SSSR count). The molecule has 6 heteroatoms. The standard InChI is InChI=1S/C32H40FNO4.2H2/c1-5-37-31(36)34-25-11-13-27-23(17-25)18-29-30(35)38-20(3)32(29,4)28(27)14-10-21-9-12-26(19(2)15-21)22-7-6-8-24(33)16-22;;/h6-10,12,14,16,19-20,23,25,27-29H,5,11,13,15,17-18H2,1-4H3,(H,34,36);2*1H/b14-10+;;/t19?,20-,23-,25+,27-,28-,29-,32+;;/m1../s1. The van der Waals surface area contributed by atoms with E-state index in [0.29, 0.717) is 18.4 Å². The number of carbonyl (C=O) groups excluding carboxylic acids is 2. The summed E-state index contributed by atoms with van der Waals surface area (Å²) < 4.78 is 24.7. The van der Waals surface area contributed by atoms with Crippen molar-refractivity contribution in [2.24, 2.45) is 35.0 Å². The Hall–Kier alpha value is -2.89. The van der Waals surface area contributed by atoms with Crippen LogP contribution in [0, 0.1) is 40.8 Å². The Bertz CT molecular complexity index is 1180. The van der Waals surface area contributed by atoms with Crippen LogP contribution in [0.2, 0.25) is 0 Å². The maximum absolute atomic E-state index is 13.8. The Labute approximate surface area is 228 Å². The number of halogens is 1. The third kappa shape index (κ3) is 4.94. The van der Waals surface area contributed by atoms with E-state index in [9.17, 15) is 14.0 Å². The Morgan fingerprint density at radius 2 is 2.08 bits per heavy atom. The molecule has 1 aromatic rings. The van der Waals surface area contributed by atoms with Crippen molar-refractivity contribution in [1.82, 2.24) is 5.32 Å². The molecule has 0 aromatic heterocycles. The smallest absolute Gasteiger partial charge is 0.407 e. The van der Waals surface area contributed by atoms with E-state index in [1.807, 2.05) is 19.9 Å². The normalized spacial score (nSPS) is 36.6. The number of hydrogen-bond donors (Lipinski definition) is 1. The first-order valence-corrected chi connectivity index (χ1v) is 14.2. The largest absolute Gasteiger partial charge is 0.462 e. The molecule has 4 aliphatic rings. The third-order valence-electron chi connectivity index (χ3n) is 9.79. The molecule has 1 N–H and O–H groups in total. The Kier molecular flexibility index (Phi) is 7.52. The molecule has 2 saturated carbocycles. The fourth-order valence-corrected chi connectivity index (χ4v) is 7.68.